The zero-order valence-electron chi connectivity index (χ0n) is 16.8. The number of rotatable bonds is 5. The van der Waals surface area contributed by atoms with Crippen molar-refractivity contribution in [3.8, 4) is 0 Å². The second-order valence-electron chi connectivity index (χ2n) is 9.07. The Morgan fingerprint density at radius 1 is 1.00 bits per heavy atom. The molecule has 1 aromatic carbocycles. The fourth-order valence-corrected chi connectivity index (χ4v) is 6.38. The number of ether oxygens (including phenoxy) is 1. The van der Waals surface area contributed by atoms with Gasteiger partial charge < -0.3 is 10.1 Å². The lowest BCUT2D eigenvalue weighted by atomic mass is 9.53. The maximum atomic E-state index is 12.3. The number of imide groups is 1. The highest BCUT2D eigenvalue weighted by Crippen LogP contribution is 2.55. The van der Waals surface area contributed by atoms with Crippen molar-refractivity contribution in [3.05, 3.63) is 29.8 Å². The summed E-state index contributed by atoms with van der Waals surface area (Å²) in [5, 5.41) is 5.27. The summed E-state index contributed by atoms with van der Waals surface area (Å²) in [6.07, 6.45) is 7.74. The molecule has 162 valence electrons. The van der Waals surface area contributed by atoms with Crippen LogP contribution in [0.1, 0.15) is 48.9 Å². The molecule has 1 aromatic rings. The highest BCUT2D eigenvalue weighted by atomic mass is 32.2. The van der Waals surface area contributed by atoms with Crippen molar-refractivity contribution in [2.75, 3.05) is 12.9 Å². The number of sulfone groups is 1. The summed E-state index contributed by atoms with van der Waals surface area (Å²) in [6.45, 7) is -0.596. The van der Waals surface area contributed by atoms with E-state index in [-0.39, 0.29) is 16.0 Å². The van der Waals surface area contributed by atoms with Crippen molar-refractivity contribution in [2.24, 2.45) is 17.8 Å². The van der Waals surface area contributed by atoms with Gasteiger partial charge in [0.25, 0.3) is 5.91 Å². The summed E-state index contributed by atoms with van der Waals surface area (Å²) in [5.41, 5.74) is -0.0924. The normalized spacial score (nSPS) is 29.3. The van der Waals surface area contributed by atoms with Gasteiger partial charge >= 0.3 is 12.0 Å². The Morgan fingerprint density at radius 3 is 2.03 bits per heavy atom. The molecule has 4 aliphatic rings. The highest BCUT2D eigenvalue weighted by Gasteiger charge is 2.51. The van der Waals surface area contributed by atoms with Crippen LogP contribution in [0.4, 0.5) is 4.79 Å². The second-order valence-corrected chi connectivity index (χ2v) is 11.1. The van der Waals surface area contributed by atoms with Crippen molar-refractivity contribution < 1.29 is 27.5 Å². The molecule has 4 aliphatic carbocycles. The second kappa shape index (κ2) is 7.68. The van der Waals surface area contributed by atoms with Crippen LogP contribution in [0.5, 0.6) is 0 Å². The Kier molecular flexibility index (Phi) is 5.34. The third kappa shape index (κ3) is 4.50. The number of urea groups is 1. The third-order valence-electron chi connectivity index (χ3n) is 6.52. The summed E-state index contributed by atoms with van der Waals surface area (Å²) < 4.78 is 27.8. The summed E-state index contributed by atoms with van der Waals surface area (Å²) in [6, 6.07) is 4.68. The summed E-state index contributed by atoms with van der Waals surface area (Å²) in [4.78, 5) is 36.5. The van der Waals surface area contributed by atoms with Gasteiger partial charge in [-0.25, -0.2) is 18.0 Å². The Hall–Kier alpha value is -2.42. The summed E-state index contributed by atoms with van der Waals surface area (Å²) >= 11 is 0. The lowest BCUT2D eigenvalue weighted by Gasteiger charge is -2.56. The first-order valence-electron chi connectivity index (χ1n) is 10.2. The summed E-state index contributed by atoms with van der Waals surface area (Å²) in [7, 11) is -3.36. The van der Waals surface area contributed by atoms with Gasteiger partial charge in [0, 0.05) is 11.8 Å². The molecule has 0 unspecified atom stereocenters. The van der Waals surface area contributed by atoms with E-state index in [2.05, 4.69) is 10.6 Å². The largest absolute Gasteiger partial charge is 0.452 e. The minimum Gasteiger partial charge on any atom is -0.452 e. The van der Waals surface area contributed by atoms with Gasteiger partial charge in [0.05, 0.1) is 10.5 Å². The quantitative estimate of drug-likeness (QED) is 0.685. The van der Waals surface area contributed by atoms with E-state index in [1.807, 2.05) is 0 Å². The first kappa shape index (κ1) is 20.8. The molecule has 0 spiro atoms. The maximum Gasteiger partial charge on any atom is 0.338 e. The van der Waals surface area contributed by atoms with Gasteiger partial charge in [-0.05, 0) is 80.5 Å². The molecule has 2 N–H and O–H groups in total. The van der Waals surface area contributed by atoms with Gasteiger partial charge in [0.1, 0.15) is 0 Å². The Morgan fingerprint density at radius 2 is 1.53 bits per heavy atom. The standard InChI is InChI=1S/C21H26N2O6S/c1-30(27,28)17-4-2-16(3-5-17)19(25)29-12-18(24)22-20(26)23-21-9-13-6-14(10-21)8-15(7-13)11-21/h2-5,13-15H,6-12H2,1H3,(H2,22,23,24,26). The van der Waals surface area contributed by atoms with Crippen LogP contribution in [-0.2, 0) is 19.4 Å². The fraction of sp³-hybridized carbons (Fsp3) is 0.571. The molecule has 0 atom stereocenters. The van der Waals surface area contributed by atoms with Crippen LogP contribution >= 0.6 is 0 Å². The minimum absolute atomic E-state index is 0.0816. The maximum absolute atomic E-state index is 12.3. The van der Waals surface area contributed by atoms with Gasteiger partial charge in [-0.15, -0.1) is 0 Å². The number of amides is 3. The van der Waals surface area contributed by atoms with E-state index < -0.39 is 34.4 Å². The zero-order valence-corrected chi connectivity index (χ0v) is 17.7. The van der Waals surface area contributed by atoms with E-state index in [1.165, 1.54) is 43.5 Å². The van der Waals surface area contributed by atoms with E-state index in [4.69, 9.17) is 4.74 Å². The molecule has 5 rings (SSSR count). The van der Waals surface area contributed by atoms with E-state index in [9.17, 15) is 22.8 Å². The van der Waals surface area contributed by atoms with Gasteiger partial charge in [-0.1, -0.05) is 0 Å². The van der Waals surface area contributed by atoms with Crippen LogP contribution in [0, 0.1) is 17.8 Å². The number of hydrogen-bond donors (Lipinski definition) is 2. The van der Waals surface area contributed by atoms with E-state index in [1.54, 1.807) is 0 Å². The fourth-order valence-electron chi connectivity index (χ4n) is 5.75. The molecular formula is C21H26N2O6S. The molecule has 4 fully saturated rings. The number of carbonyl (C=O) groups excluding carboxylic acids is 3. The molecule has 0 aliphatic heterocycles. The molecule has 8 nitrogen and oxygen atoms in total. The molecule has 30 heavy (non-hydrogen) atoms. The number of hydrogen-bond acceptors (Lipinski definition) is 6. The minimum atomic E-state index is -3.36. The lowest BCUT2D eigenvalue weighted by Crippen LogP contribution is -2.62. The average molecular weight is 435 g/mol. The molecule has 0 heterocycles. The smallest absolute Gasteiger partial charge is 0.338 e. The monoisotopic (exact) mass is 434 g/mol. The number of carbonyl (C=O) groups is 3. The van der Waals surface area contributed by atoms with E-state index in [0.717, 1.165) is 25.5 Å². The average Bonchev–Trinajstić information content (AvgIpc) is 2.63. The molecule has 4 saturated carbocycles. The molecular weight excluding hydrogens is 408 g/mol. The van der Waals surface area contributed by atoms with Crippen LogP contribution in [0.15, 0.2) is 29.2 Å². The number of nitrogens with one attached hydrogen (secondary N) is 2. The van der Waals surface area contributed by atoms with E-state index >= 15 is 0 Å². The molecule has 0 saturated heterocycles. The Bertz CT molecular complexity index is 934. The van der Waals surface area contributed by atoms with Gasteiger partial charge in [0.2, 0.25) is 0 Å². The SMILES string of the molecule is CS(=O)(=O)c1ccc(C(=O)OCC(=O)NC(=O)NC23CC4CC(CC(C4)C2)C3)cc1. The van der Waals surface area contributed by atoms with Crippen molar-refractivity contribution in [1.82, 2.24) is 10.6 Å². The molecule has 3 amide bonds. The number of esters is 1. The summed E-state index contributed by atoms with van der Waals surface area (Å²) in [5.74, 6) is 0.525. The predicted molar refractivity (Wildman–Crippen MR) is 107 cm³/mol. The first-order valence-corrected chi connectivity index (χ1v) is 12.1. The van der Waals surface area contributed by atoms with Gasteiger partial charge in [0.15, 0.2) is 16.4 Å². The van der Waals surface area contributed by atoms with Crippen LogP contribution in [-0.4, -0.2) is 44.7 Å². The van der Waals surface area contributed by atoms with E-state index in [0.29, 0.717) is 17.8 Å². The van der Waals surface area contributed by atoms with Crippen molar-refractivity contribution >= 4 is 27.7 Å². The predicted octanol–water partition coefficient (Wildman–Crippen LogP) is 2.04. The molecule has 9 heteroatoms. The molecule has 4 bridgehead atoms. The zero-order chi connectivity index (χ0) is 21.5. The van der Waals surface area contributed by atoms with Crippen LogP contribution in [0.2, 0.25) is 0 Å². The number of benzene rings is 1. The van der Waals surface area contributed by atoms with Gasteiger partial charge in [-0.2, -0.15) is 0 Å². The van der Waals surface area contributed by atoms with Crippen LogP contribution in [0.25, 0.3) is 0 Å². The van der Waals surface area contributed by atoms with Crippen LogP contribution in [0.3, 0.4) is 0 Å². The van der Waals surface area contributed by atoms with Gasteiger partial charge in [-0.3, -0.25) is 10.1 Å². The van der Waals surface area contributed by atoms with Crippen molar-refractivity contribution in [3.63, 3.8) is 0 Å². The molecule has 0 radical (unpaired) electrons. The Labute approximate surface area is 175 Å². The lowest BCUT2D eigenvalue weighted by molar-refractivity contribution is -0.123. The first-order chi connectivity index (χ1) is 14.1. The Balaban J connectivity index is 1.26. The topological polar surface area (TPSA) is 119 Å². The molecule has 0 aromatic heterocycles. The third-order valence-corrected chi connectivity index (χ3v) is 7.65. The highest BCUT2D eigenvalue weighted by molar-refractivity contribution is 7.90. The van der Waals surface area contributed by atoms with Crippen molar-refractivity contribution in [2.45, 2.75) is 49.0 Å². The van der Waals surface area contributed by atoms with Crippen LogP contribution < -0.4 is 10.6 Å². The van der Waals surface area contributed by atoms with Crippen molar-refractivity contribution in [1.29, 1.82) is 0 Å².